The van der Waals surface area contributed by atoms with E-state index in [0.29, 0.717) is 25.9 Å². The molecule has 1 saturated heterocycles. The number of hydrogen-bond donors (Lipinski definition) is 2. The van der Waals surface area contributed by atoms with Crippen LogP contribution in [0.3, 0.4) is 0 Å². The number of piperidine rings is 1. The molecule has 0 radical (unpaired) electrons. The molecule has 0 saturated carbocycles. The Bertz CT molecular complexity index is 367. The van der Waals surface area contributed by atoms with Crippen molar-refractivity contribution in [1.82, 2.24) is 9.03 Å². The van der Waals surface area contributed by atoms with Gasteiger partial charge in [0, 0.05) is 19.6 Å². The van der Waals surface area contributed by atoms with Gasteiger partial charge in [-0.3, -0.25) is 4.79 Å². The summed E-state index contributed by atoms with van der Waals surface area (Å²) in [5, 5.41) is 8.90. The van der Waals surface area contributed by atoms with Crippen LogP contribution in [-0.2, 0) is 15.0 Å². The highest BCUT2D eigenvalue weighted by molar-refractivity contribution is 7.87. The molecule has 1 heterocycles. The molecule has 2 N–H and O–H groups in total. The molecule has 1 rings (SSSR count). The van der Waals surface area contributed by atoms with Crippen molar-refractivity contribution < 1.29 is 18.3 Å². The number of nitrogens with one attached hydrogen (secondary N) is 1. The number of nitrogens with zero attached hydrogens (tertiary/aromatic N) is 1. The number of rotatable bonds is 5. The molecule has 6 nitrogen and oxygen atoms in total. The monoisotopic (exact) mass is 264 g/mol. The van der Waals surface area contributed by atoms with Crippen molar-refractivity contribution in [3.05, 3.63) is 0 Å². The van der Waals surface area contributed by atoms with Crippen LogP contribution in [0.5, 0.6) is 0 Å². The van der Waals surface area contributed by atoms with Crippen LogP contribution < -0.4 is 4.72 Å². The van der Waals surface area contributed by atoms with Crippen molar-refractivity contribution in [3.8, 4) is 0 Å². The molecule has 1 atom stereocenters. The number of carboxylic acids is 1. The van der Waals surface area contributed by atoms with E-state index >= 15 is 0 Å². The number of carbonyl (C=O) groups is 1. The first-order valence-electron chi connectivity index (χ1n) is 5.80. The van der Waals surface area contributed by atoms with Crippen LogP contribution in [0.2, 0.25) is 0 Å². The van der Waals surface area contributed by atoms with Crippen molar-refractivity contribution in [3.63, 3.8) is 0 Å². The Morgan fingerprint density at radius 1 is 1.53 bits per heavy atom. The highest BCUT2D eigenvalue weighted by atomic mass is 32.2. The lowest BCUT2D eigenvalue weighted by Crippen LogP contribution is -2.48. The van der Waals surface area contributed by atoms with Crippen molar-refractivity contribution >= 4 is 16.2 Å². The van der Waals surface area contributed by atoms with Crippen LogP contribution in [0.1, 0.15) is 26.7 Å². The van der Waals surface area contributed by atoms with Gasteiger partial charge < -0.3 is 5.11 Å². The Balaban J connectivity index is 2.62. The van der Waals surface area contributed by atoms with E-state index in [9.17, 15) is 13.2 Å². The van der Waals surface area contributed by atoms with Gasteiger partial charge in [-0.2, -0.15) is 12.7 Å². The molecule has 0 spiro atoms. The Labute approximate surface area is 102 Å². The van der Waals surface area contributed by atoms with Gasteiger partial charge in [-0.15, -0.1) is 0 Å². The second-order valence-electron chi connectivity index (χ2n) is 4.78. The Morgan fingerprint density at radius 2 is 2.18 bits per heavy atom. The Morgan fingerprint density at radius 3 is 2.71 bits per heavy atom. The van der Waals surface area contributed by atoms with Gasteiger partial charge in [-0.05, 0) is 18.8 Å². The van der Waals surface area contributed by atoms with Crippen molar-refractivity contribution in [2.45, 2.75) is 26.7 Å². The first kappa shape index (κ1) is 14.4. The molecule has 0 aromatic carbocycles. The van der Waals surface area contributed by atoms with Gasteiger partial charge in [0.2, 0.25) is 0 Å². The van der Waals surface area contributed by atoms with Crippen molar-refractivity contribution in [2.24, 2.45) is 11.8 Å². The van der Waals surface area contributed by atoms with Crippen LogP contribution in [0.25, 0.3) is 0 Å². The minimum Gasteiger partial charge on any atom is -0.481 e. The van der Waals surface area contributed by atoms with E-state index in [4.69, 9.17) is 5.11 Å². The van der Waals surface area contributed by atoms with Gasteiger partial charge in [0.05, 0.1) is 5.92 Å². The summed E-state index contributed by atoms with van der Waals surface area (Å²) in [6, 6.07) is 0. The van der Waals surface area contributed by atoms with Crippen LogP contribution >= 0.6 is 0 Å². The summed E-state index contributed by atoms with van der Waals surface area (Å²) in [6.07, 6.45) is 1.14. The van der Waals surface area contributed by atoms with Crippen molar-refractivity contribution in [2.75, 3.05) is 19.6 Å². The SMILES string of the molecule is CC(C)CNS(=O)(=O)N1CCCC(C(=O)O)C1. The highest BCUT2D eigenvalue weighted by Crippen LogP contribution is 2.18. The van der Waals surface area contributed by atoms with Gasteiger partial charge >= 0.3 is 5.97 Å². The summed E-state index contributed by atoms with van der Waals surface area (Å²) in [5.74, 6) is -1.28. The quantitative estimate of drug-likeness (QED) is 0.746. The zero-order chi connectivity index (χ0) is 13.1. The zero-order valence-corrected chi connectivity index (χ0v) is 11.0. The van der Waals surface area contributed by atoms with Crippen LogP contribution in [0.15, 0.2) is 0 Å². The number of carboxylic acid groups (broad SMARTS) is 1. The summed E-state index contributed by atoms with van der Waals surface area (Å²) >= 11 is 0. The summed E-state index contributed by atoms with van der Waals surface area (Å²) in [4.78, 5) is 10.9. The second kappa shape index (κ2) is 5.79. The molecule has 1 unspecified atom stereocenters. The third-order valence-electron chi connectivity index (χ3n) is 2.75. The number of hydrogen-bond acceptors (Lipinski definition) is 3. The molecule has 17 heavy (non-hydrogen) atoms. The van der Waals surface area contributed by atoms with Crippen LogP contribution in [-0.4, -0.2) is 43.4 Å². The van der Waals surface area contributed by atoms with E-state index < -0.39 is 22.1 Å². The predicted molar refractivity (Wildman–Crippen MR) is 63.7 cm³/mol. The normalized spacial score (nSPS) is 22.9. The molecule has 1 aliphatic heterocycles. The van der Waals surface area contributed by atoms with Gasteiger partial charge in [0.25, 0.3) is 10.2 Å². The topological polar surface area (TPSA) is 86.7 Å². The maximum Gasteiger partial charge on any atom is 0.307 e. The molecule has 100 valence electrons. The molecule has 0 aliphatic carbocycles. The second-order valence-corrected chi connectivity index (χ2v) is 6.54. The smallest absolute Gasteiger partial charge is 0.307 e. The van der Waals surface area contributed by atoms with E-state index in [1.807, 2.05) is 13.8 Å². The van der Waals surface area contributed by atoms with Crippen molar-refractivity contribution in [1.29, 1.82) is 0 Å². The minimum absolute atomic E-state index is 0.0722. The molecule has 0 aromatic heterocycles. The van der Waals surface area contributed by atoms with E-state index in [1.54, 1.807) is 0 Å². The maximum atomic E-state index is 11.9. The van der Waals surface area contributed by atoms with E-state index in [2.05, 4.69) is 4.72 Å². The minimum atomic E-state index is -3.52. The Kier molecular flexibility index (Phi) is 4.91. The summed E-state index contributed by atoms with van der Waals surface area (Å²) in [7, 11) is -3.52. The summed E-state index contributed by atoms with van der Waals surface area (Å²) < 4.78 is 27.5. The molecule has 0 amide bonds. The predicted octanol–water partition coefficient (Wildman–Crippen LogP) is 0.273. The van der Waals surface area contributed by atoms with Gasteiger partial charge in [-0.25, -0.2) is 4.72 Å². The Hall–Kier alpha value is -0.660. The molecular weight excluding hydrogens is 244 g/mol. The standard InChI is InChI=1S/C10H20N2O4S/c1-8(2)6-11-17(15,16)12-5-3-4-9(7-12)10(13)14/h8-9,11H,3-7H2,1-2H3,(H,13,14). The molecular formula is C10H20N2O4S. The van der Waals surface area contributed by atoms with E-state index in [-0.39, 0.29) is 12.5 Å². The van der Waals surface area contributed by atoms with Crippen LogP contribution in [0.4, 0.5) is 0 Å². The largest absolute Gasteiger partial charge is 0.481 e. The third-order valence-corrected chi connectivity index (χ3v) is 4.29. The molecule has 1 fully saturated rings. The lowest BCUT2D eigenvalue weighted by molar-refractivity contribution is -0.142. The maximum absolute atomic E-state index is 11.9. The van der Waals surface area contributed by atoms with E-state index in [1.165, 1.54) is 4.31 Å². The van der Waals surface area contributed by atoms with E-state index in [0.717, 1.165) is 0 Å². The van der Waals surface area contributed by atoms with Gasteiger partial charge in [-0.1, -0.05) is 13.8 Å². The third kappa shape index (κ3) is 4.25. The molecule has 7 heteroatoms. The first-order chi connectivity index (χ1) is 7.83. The summed E-state index contributed by atoms with van der Waals surface area (Å²) in [6.45, 7) is 4.67. The molecule has 1 aliphatic rings. The first-order valence-corrected chi connectivity index (χ1v) is 7.24. The average Bonchev–Trinajstić information content (AvgIpc) is 2.27. The molecule has 0 aromatic rings. The van der Waals surface area contributed by atoms with Gasteiger partial charge in [0.1, 0.15) is 0 Å². The lowest BCUT2D eigenvalue weighted by Gasteiger charge is -2.30. The lowest BCUT2D eigenvalue weighted by atomic mass is 10.0. The number of aliphatic carboxylic acids is 1. The zero-order valence-electron chi connectivity index (χ0n) is 10.2. The van der Waals surface area contributed by atoms with Gasteiger partial charge in [0.15, 0.2) is 0 Å². The highest BCUT2D eigenvalue weighted by Gasteiger charge is 2.31. The molecule has 0 bridgehead atoms. The van der Waals surface area contributed by atoms with Crippen LogP contribution in [0, 0.1) is 11.8 Å². The fraction of sp³-hybridized carbons (Fsp3) is 0.900. The fourth-order valence-corrected chi connectivity index (χ4v) is 3.20. The summed E-state index contributed by atoms with van der Waals surface area (Å²) in [5.41, 5.74) is 0. The average molecular weight is 264 g/mol. The fourth-order valence-electron chi connectivity index (χ4n) is 1.73.